The lowest BCUT2D eigenvalue weighted by Crippen LogP contribution is -2.24. The molecule has 130 valence electrons. The van der Waals surface area contributed by atoms with Crippen LogP contribution in [0.4, 0.5) is 0 Å². The smallest absolute Gasteiger partial charge is 0.230 e. The van der Waals surface area contributed by atoms with Crippen LogP contribution in [0, 0.1) is 20.8 Å². The third-order valence-electron chi connectivity index (χ3n) is 3.77. The van der Waals surface area contributed by atoms with Crippen molar-refractivity contribution >= 4 is 17.7 Å². The van der Waals surface area contributed by atoms with E-state index in [-0.39, 0.29) is 11.7 Å². The predicted molar refractivity (Wildman–Crippen MR) is 96.8 cm³/mol. The Labute approximate surface area is 150 Å². The topological polar surface area (TPSA) is 73.0 Å². The average molecular weight is 356 g/mol. The number of carbonyl (C=O) groups excluding carboxylic acids is 1. The van der Waals surface area contributed by atoms with Crippen molar-refractivity contribution in [2.24, 2.45) is 0 Å². The number of amides is 1. The van der Waals surface area contributed by atoms with Crippen LogP contribution in [0.15, 0.2) is 46.2 Å². The van der Waals surface area contributed by atoms with Crippen LogP contribution in [-0.2, 0) is 11.3 Å². The Morgan fingerprint density at radius 1 is 1.24 bits per heavy atom. The van der Waals surface area contributed by atoms with Gasteiger partial charge in [0.15, 0.2) is 5.16 Å². The minimum absolute atomic E-state index is 0.0745. The van der Waals surface area contributed by atoms with Crippen LogP contribution >= 0.6 is 11.8 Å². The minimum Gasteiger partial charge on any atom is -0.467 e. The van der Waals surface area contributed by atoms with Crippen molar-refractivity contribution in [1.82, 2.24) is 20.1 Å². The zero-order chi connectivity index (χ0) is 17.8. The molecule has 0 fully saturated rings. The predicted octanol–water partition coefficient (Wildman–Crippen LogP) is 3.19. The van der Waals surface area contributed by atoms with Crippen molar-refractivity contribution in [3.05, 3.63) is 59.3 Å². The summed E-state index contributed by atoms with van der Waals surface area (Å²) in [6.07, 6.45) is 1.59. The summed E-state index contributed by atoms with van der Waals surface area (Å²) in [5, 5.41) is 11.9. The highest BCUT2D eigenvalue weighted by Gasteiger charge is 2.15. The van der Waals surface area contributed by atoms with E-state index in [1.54, 1.807) is 12.3 Å². The number of nitrogens with one attached hydrogen (secondary N) is 1. The Kier molecular flexibility index (Phi) is 5.23. The molecular weight excluding hydrogens is 336 g/mol. The molecule has 0 atom stereocenters. The zero-order valence-electron chi connectivity index (χ0n) is 14.4. The first-order valence-electron chi connectivity index (χ1n) is 7.96. The number of hydrogen-bond donors (Lipinski definition) is 1. The molecule has 3 rings (SSSR count). The molecule has 3 aromatic rings. The first-order valence-corrected chi connectivity index (χ1v) is 8.94. The molecule has 0 saturated carbocycles. The molecule has 0 saturated heterocycles. The summed E-state index contributed by atoms with van der Waals surface area (Å²) in [7, 11) is 0. The monoisotopic (exact) mass is 356 g/mol. The van der Waals surface area contributed by atoms with Crippen molar-refractivity contribution in [2.75, 3.05) is 5.75 Å². The molecule has 0 bridgehead atoms. The SMILES string of the molecule is Cc1ccc(C)c(-n2c(C)nnc2SCC(=O)NCc2ccco2)c1. The minimum atomic E-state index is -0.0745. The van der Waals surface area contributed by atoms with Gasteiger partial charge in [0.25, 0.3) is 0 Å². The van der Waals surface area contributed by atoms with Crippen LogP contribution in [0.5, 0.6) is 0 Å². The Hall–Kier alpha value is -2.54. The van der Waals surface area contributed by atoms with Crippen LogP contribution in [0.3, 0.4) is 0 Å². The van der Waals surface area contributed by atoms with Gasteiger partial charge in [0.2, 0.25) is 5.91 Å². The second-order valence-electron chi connectivity index (χ2n) is 5.80. The standard InChI is InChI=1S/C18H20N4O2S/c1-12-6-7-13(2)16(9-12)22-14(3)20-21-18(22)25-11-17(23)19-10-15-5-4-8-24-15/h4-9H,10-11H2,1-3H3,(H,19,23). The second-order valence-corrected chi connectivity index (χ2v) is 6.74. The molecule has 0 aliphatic carbocycles. The summed E-state index contributed by atoms with van der Waals surface area (Å²) >= 11 is 1.37. The van der Waals surface area contributed by atoms with Gasteiger partial charge in [-0.2, -0.15) is 0 Å². The Bertz CT molecular complexity index is 871. The van der Waals surface area contributed by atoms with Crippen molar-refractivity contribution in [3.63, 3.8) is 0 Å². The van der Waals surface area contributed by atoms with Gasteiger partial charge in [-0.25, -0.2) is 0 Å². The van der Waals surface area contributed by atoms with Gasteiger partial charge in [0.05, 0.1) is 24.2 Å². The van der Waals surface area contributed by atoms with Crippen LogP contribution in [0.25, 0.3) is 5.69 Å². The molecule has 1 N–H and O–H groups in total. The lowest BCUT2D eigenvalue weighted by molar-refractivity contribution is -0.118. The van der Waals surface area contributed by atoms with Gasteiger partial charge in [0, 0.05) is 0 Å². The molecule has 2 aromatic heterocycles. The number of nitrogens with zero attached hydrogens (tertiary/aromatic N) is 3. The van der Waals surface area contributed by atoms with E-state index in [1.807, 2.05) is 17.6 Å². The van der Waals surface area contributed by atoms with E-state index in [0.29, 0.717) is 11.7 Å². The van der Waals surface area contributed by atoms with Crippen molar-refractivity contribution in [3.8, 4) is 5.69 Å². The van der Waals surface area contributed by atoms with Crippen molar-refractivity contribution in [2.45, 2.75) is 32.5 Å². The second kappa shape index (κ2) is 7.57. The molecule has 0 spiro atoms. The maximum Gasteiger partial charge on any atom is 0.230 e. The van der Waals surface area contributed by atoms with Crippen LogP contribution in [0.2, 0.25) is 0 Å². The number of thioether (sulfide) groups is 1. The van der Waals surface area contributed by atoms with Crippen LogP contribution in [0.1, 0.15) is 22.7 Å². The summed E-state index contributed by atoms with van der Waals surface area (Å²) in [5.41, 5.74) is 3.35. The molecular formula is C18H20N4O2S. The largest absolute Gasteiger partial charge is 0.467 e. The zero-order valence-corrected chi connectivity index (χ0v) is 15.3. The van der Waals surface area contributed by atoms with Gasteiger partial charge < -0.3 is 9.73 Å². The molecule has 6 nitrogen and oxygen atoms in total. The third kappa shape index (κ3) is 4.11. The van der Waals surface area contributed by atoms with Gasteiger partial charge in [-0.1, -0.05) is 23.9 Å². The van der Waals surface area contributed by atoms with Gasteiger partial charge >= 0.3 is 0 Å². The fourth-order valence-corrected chi connectivity index (χ4v) is 3.27. The number of hydrogen-bond acceptors (Lipinski definition) is 5. The number of aromatic nitrogens is 3. The summed E-state index contributed by atoms with van der Waals surface area (Å²) in [4.78, 5) is 12.1. The van der Waals surface area contributed by atoms with E-state index >= 15 is 0 Å². The van der Waals surface area contributed by atoms with E-state index < -0.39 is 0 Å². The summed E-state index contributed by atoms with van der Waals surface area (Å²) in [5.74, 6) is 1.72. The highest BCUT2D eigenvalue weighted by molar-refractivity contribution is 7.99. The van der Waals surface area contributed by atoms with Crippen molar-refractivity contribution in [1.29, 1.82) is 0 Å². The highest BCUT2D eigenvalue weighted by atomic mass is 32.2. The molecule has 2 heterocycles. The van der Waals surface area contributed by atoms with Crippen LogP contribution in [-0.4, -0.2) is 26.4 Å². The van der Waals surface area contributed by atoms with E-state index in [1.165, 1.54) is 17.3 Å². The fourth-order valence-electron chi connectivity index (χ4n) is 2.45. The van der Waals surface area contributed by atoms with Gasteiger partial charge in [-0.05, 0) is 50.1 Å². The van der Waals surface area contributed by atoms with E-state index in [0.717, 1.165) is 22.8 Å². The van der Waals surface area contributed by atoms with E-state index in [4.69, 9.17) is 4.42 Å². The van der Waals surface area contributed by atoms with E-state index in [9.17, 15) is 4.79 Å². The quantitative estimate of drug-likeness (QED) is 0.687. The number of carbonyl (C=O) groups is 1. The number of benzene rings is 1. The highest BCUT2D eigenvalue weighted by Crippen LogP contribution is 2.24. The summed E-state index contributed by atoms with van der Waals surface area (Å²) in [6.45, 7) is 6.40. The first-order chi connectivity index (χ1) is 12.0. The Morgan fingerprint density at radius 3 is 2.84 bits per heavy atom. The molecule has 0 radical (unpaired) electrons. The normalized spacial score (nSPS) is 10.8. The summed E-state index contributed by atoms with van der Waals surface area (Å²) in [6, 6.07) is 9.88. The molecule has 25 heavy (non-hydrogen) atoms. The van der Waals surface area contributed by atoms with Gasteiger partial charge in [0.1, 0.15) is 11.6 Å². The lowest BCUT2D eigenvalue weighted by atomic mass is 10.1. The number of rotatable bonds is 6. The summed E-state index contributed by atoms with van der Waals surface area (Å²) < 4.78 is 7.20. The van der Waals surface area contributed by atoms with E-state index in [2.05, 4.69) is 47.6 Å². The third-order valence-corrected chi connectivity index (χ3v) is 4.70. The van der Waals surface area contributed by atoms with Crippen LogP contribution < -0.4 is 5.32 Å². The number of furan rings is 1. The molecule has 0 unspecified atom stereocenters. The molecule has 1 aromatic carbocycles. The van der Waals surface area contributed by atoms with Crippen molar-refractivity contribution < 1.29 is 9.21 Å². The molecule has 0 aliphatic rings. The molecule has 0 aliphatic heterocycles. The maximum absolute atomic E-state index is 12.1. The fraction of sp³-hybridized carbons (Fsp3) is 0.278. The Morgan fingerprint density at radius 2 is 2.08 bits per heavy atom. The van der Waals surface area contributed by atoms with Gasteiger partial charge in [-0.3, -0.25) is 9.36 Å². The average Bonchev–Trinajstić information content (AvgIpc) is 3.23. The Balaban J connectivity index is 1.69. The van der Waals surface area contributed by atoms with Gasteiger partial charge in [-0.15, -0.1) is 10.2 Å². The maximum atomic E-state index is 12.1. The molecule has 7 heteroatoms. The lowest BCUT2D eigenvalue weighted by Gasteiger charge is -2.12. The number of aryl methyl sites for hydroxylation is 3. The molecule has 1 amide bonds. The first kappa shape index (κ1) is 17.3.